The molecule has 1 saturated heterocycles. The van der Waals surface area contributed by atoms with Crippen LogP contribution in [0.4, 0.5) is 27.6 Å². The molecule has 2 aromatic rings. The van der Waals surface area contributed by atoms with Crippen LogP contribution in [0.2, 0.25) is 0 Å². The number of anilines is 1. The van der Waals surface area contributed by atoms with Crippen LogP contribution in [0, 0.1) is 5.92 Å². The molecule has 0 saturated carbocycles. The van der Waals surface area contributed by atoms with Crippen molar-refractivity contribution in [2.45, 2.75) is 44.1 Å². The van der Waals surface area contributed by atoms with E-state index in [1.54, 1.807) is 0 Å². The van der Waals surface area contributed by atoms with Gasteiger partial charge in [-0.05, 0) is 25.1 Å². The molecule has 0 radical (unpaired) electrons. The van der Waals surface area contributed by atoms with Gasteiger partial charge in [0, 0.05) is 29.3 Å². The first kappa shape index (κ1) is 25.3. The quantitative estimate of drug-likeness (QED) is 0.601. The number of nitrogens with two attached hydrogens (primary N) is 1. The minimum absolute atomic E-state index is 0.0000725. The molecule has 0 aliphatic carbocycles. The number of primary amides is 1. The Kier molecular flexibility index (Phi) is 6.78. The van der Waals surface area contributed by atoms with E-state index in [0.29, 0.717) is 0 Å². The number of alkyl halides is 5. The van der Waals surface area contributed by atoms with Gasteiger partial charge in [-0.2, -0.15) is 13.2 Å². The smallest absolute Gasteiger partial charge is 0.417 e. The topological polar surface area (TPSA) is 116 Å². The molecule has 3 rings (SSSR count). The van der Waals surface area contributed by atoms with Gasteiger partial charge in [-0.3, -0.25) is 14.6 Å². The Hall–Kier alpha value is -3.35. The highest BCUT2D eigenvalue weighted by molar-refractivity contribution is 5.97. The van der Waals surface area contributed by atoms with Gasteiger partial charge in [-0.25, -0.2) is 13.8 Å². The van der Waals surface area contributed by atoms with E-state index in [1.165, 1.54) is 19.2 Å². The van der Waals surface area contributed by atoms with Crippen molar-refractivity contribution in [2.75, 3.05) is 12.4 Å². The van der Waals surface area contributed by atoms with Crippen molar-refractivity contribution in [3.8, 4) is 5.88 Å². The van der Waals surface area contributed by atoms with Crippen LogP contribution in [-0.2, 0) is 9.53 Å². The highest BCUT2D eigenvalue weighted by Gasteiger charge is 2.65. The summed E-state index contributed by atoms with van der Waals surface area (Å²) in [5, 5.41) is 2.40. The van der Waals surface area contributed by atoms with Gasteiger partial charge in [0.1, 0.15) is 17.5 Å². The number of methoxy groups -OCH3 is 1. The van der Waals surface area contributed by atoms with E-state index in [2.05, 4.69) is 15.3 Å². The summed E-state index contributed by atoms with van der Waals surface area (Å²) in [7, 11) is 1.13. The van der Waals surface area contributed by atoms with Crippen molar-refractivity contribution in [1.29, 1.82) is 0 Å². The Balaban J connectivity index is 2.05. The van der Waals surface area contributed by atoms with Crippen LogP contribution in [0.3, 0.4) is 0 Å². The van der Waals surface area contributed by atoms with E-state index in [4.69, 9.17) is 15.2 Å². The second-order valence-electron chi connectivity index (χ2n) is 7.88. The molecule has 0 aromatic carbocycles. The Morgan fingerprint density at radius 2 is 1.94 bits per heavy atom. The lowest BCUT2D eigenvalue weighted by Crippen LogP contribution is -2.47. The number of hydrogen-bond acceptors (Lipinski definition) is 6. The molecular weight excluding hydrogens is 467 g/mol. The number of hydrogen-bond donors (Lipinski definition) is 2. The molecule has 4 atom stereocenters. The normalized spacial score (nSPS) is 24.8. The van der Waals surface area contributed by atoms with Crippen molar-refractivity contribution < 1.29 is 41.0 Å². The third-order valence-electron chi connectivity index (χ3n) is 5.89. The zero-order valence-corrected chi connectivity index (χ0v) is 18.2. The summed E-state index contributed by atoms with van der Waals surface area (Å²) in [6, 6.07) is 4.56. The summed E-state index contributed by atoms with van der Waals surface area (Å²) in [5.41, 5.74) is 1.65. The highest BCUT2D eigenvalue weighted by Crippen LogP contribution is 2.54. The maximum Gasteiger partial charge on any atom is 0.417 e. The highest BCUT2D eigenvalue weighted by atomic mass is 19.4. The average Bonchev–Trinajstić information content (AvgIpc) is 3.05. The number of carbonyl (C=O) groups excluding carboxylic acids is 2. The summed E-state index contributed by atoms with van der Waals surface area (Å²) in [6.07, 6.45) is -8.33. The van der Waals surface area contributed by atoms with E-state index < -0.39 is 53.7 Å². The van der Waals surface area contributed by atoms with Crippen molar-refractivity contribution in [3.05, 3.63) is 47.4 Å². The molecule has 8 nitrogen and oxygen atoms in total. The number of nitrogens with one attached hydrogen (secondary N) is 1. The Bertz CT molecular complexity index is 1100. The van der Waals surface area contributed by atoms with E-state index >= 15 is 0 Å². The summed E-state index contributed by atoms with van der Waals surface area (Å²) >= 11 is 0. The monoisotopic (exact) mass is 488 g/mol. The average molecular weight is 488 g/mol. The van der Waals surface area contributed by atoms with Crippen LogP contribution < -0.4 is 15.8 Å². The molecule has 2 aromatic heterocycles. The van der Waals surface area contributed by atoms with E-state index in [9.17, 15) is 31.5 Å². The molecule has 0 bridgehead atoms. The fourth-order valence-electron chi connectivity index (χ4n) is 3.88. The lowest BCUT2D eigenvalue weighted by atomic mass is 9.77. The molecule has 0 spiro atoms. The lowest BCUT2D eigenvalue weighted by Gasteiger charge is -2.31. The number of ether oxygens (including phenoxy) is 2. The number of amides is 2. The number of aromatic nitrogens is 2. The third kappa shape index (κ3) is 4.52. The van der Waals surface area contributed by atoms with Crippen molar-refractivity contribution in [1.82, 2.24) is 9.97 Å². The van der Waals surface area contributed by atoms with Gasteiger partial charge in [-0.15, -0.1) is 0 Å². The first-order chi connectivity index (χ1) is 15.8. The standard InChI is InChI=1S/C21H21F5N4O4/c1-9-14(11-4-5-12(16(22)23)30-19(11)33-3)15(34-20(9,2)21(24,25)26)18(32)29-10-6-7-28-13(8-10)17(27)31/h4-9,14-16H,1-3H3,(H2,27,31)(H,28,29,32)/t9-,14+,15+,20-/m1/s1. The molecule has 1 aliphatic rings. The third-order valence-corrected chi connectivity index (χ3v) is 5.89. The number of rotatable bonds is 6. The van der Waals surface area contributed by atoms with Crippen molar-refractivity contribution >= 4 is 17.5 Å². The first-order valence-electron chi connectivity index (χ1n) is 9.94. The van der Waals surface area contributed by atoms with Crippen LogP contribution >= 0.6 is 0 Å². The van der Waals surface area contributed by atoms with Gasteiger partial charge in [0.25, 0.3) is 18.2 Å². The molecule has 34 heavy (non-hydrogen) atoms. The minimum Gasteiger partial charge on any atom is -0.481 e. The summed E-state index contributed by atoms with van der Waals surface area (Å²) in [4.78, 5) is 31.8. The fourth-order valence-corrected chi connectivity index (χ4v) is 3.88. The van der Waals surface area contributed by atoms with Crippen molar-refractivity contribution in [2.24, 2.45) is 11.7 Å². The molecule has 1 aliphatic heterocycles. The van der Waals surface area contributed by atoms with Gasteiger partial charge < -0.3 is 20.5 Å². The molecular formula is C21H21F5N4O4. The number of halogens is 5. The minimum atomic E-state index is -4.86. The van der Waals surface area contributed by atoms with Crippen LogP contribution in [0.1, 0.15) is 47.9 Å². The number of nitrogens with zero attached hydrogens (tertiary/aromatic N) is 2. The molecule has 1 fully saturated rings. The maximum absolute atomic E-state index is 14.0. The SMILES string of the molecule is COc1nc(C(F)F)ccc1[C@H]1[C@@H](C(=O)Nc2ccnc(C(N)=O)c2)O[C@@](C)(C(F)(F)F)[C@@H]1C. The van der Waals surface area contributed by atoms with Gasteiger partial charge in [0.05, 0.1) is 7.11 Å². The van der Waals surface area contributed by atoms with Crippen LogP contribution in [0.15, 0.2) is 30.5 Å². The maximum atomic E-state index is 14.0. The Morgan fingerprint density at radius 1 is 1.26 bits per heavy atom. The summed E-state index contributed by atoms with van der Waals surface area (Å²) < 4.78 is 78.5. The predicted octanol–water partition coefficient (Wildman–Crippen LogP) is 3.60. The summed E-state index contributed by atoms with van der Waals surface area (Å²) in [6.45, 7) is 2.05. The number of carbonyl (C=O) groups is 2. The largest absolute Gasteiger partial charge is 0.481 e. The van der Waals surface area contributed by atoms with Crippen LogP contribution in [-0.4, -0.2) is 46.8 Å². The van der Waals surface area contributed by atoms with Crippen LogP contribution in [0.25, 0.3) is 0 Å². The molecule has 0 unspecified atom stereocenters. The van der Waals surface area contributed by atoms with E-state index in [-0.39, 0.29) is 22.8 Å². The first-order valence-corrected chi connectivity index (χ1v) is 9.94. The second kappa shape index (κ2) is 9.12. The molecule has 3 heterocycles. The predicted molar refractivity (Wildman–Crippen MR) is 108 cm³/mol. The Labute approximate surface area is 190 Å². The molecule has 3 N–H and O–H groups in total. The van der Waals surface area contributed by atoms with Gasteiger partial charge in [0.15, 0.2) is 5.60 Å². The van der Waals surface area contributed by atoms with Gasteiger partial charge >= 0.3 is 6.18 Å². The fraction of sp³-hybridized carbons (Fsp3) is 0.429. The molecule has 184 valence electrons. The zero-order valence-electron chi connectivity index (χ0n) is 18.2. The lowest BCUT2D eigenvalue weighted by molar-refractivity contribution is -0.272. The Morgan fingerprint density at radius 3 is 2.50 bits per heavy atom. The van der Waals surface area contributed by atoms with Gasteiger partial charge in [-0.1, -0.05) is 13.0 Å². The molecule has 2 amide bonds. The molecule has 13 heteroatoms. The second-order valence-corrected chi connectivity index (χ2v) is 7.88. The van der Waals surface area contributed by atoms with E-state index in [0.717, 1.165) is 32.2 Å². The number of pyridine rings is 2. The zero-order chi connectivity index (χ0) is 25.4. The van der Waals surface area contributed by atoms with Crippen LogP contribution in [0.5, 0.6) is 5.88 Å². The van der Waals surface area contributed by atoms with Crippen molar-refractivity contribution in [3.63, 3.8) is 0 Å². The van der Waals surface area contributed by atoms with Gasteiger partial charge in [0.2, 0.25) is 5.88 Å². The van der Waals surface area contributed by atoms with E-state index in [1.807, 2.05) is 0 Å². The summed E-state index contributed by atoms with van der Waals surface area (Å²) in [5.74, 6) is -4.79.